The molecule has 0 fully saturated rings. The number of nitrogens with zero attached hydrogens (tertiary/aromatic N) is 3. The summed E-state index contributed by atoms with van der Waals surface area (Å²) in [4.78, 5) is 26.1. The summed E-state index contributed by atoms with van der Waals surface area (Å²) in [5.74, 6) is -0.569. The first kappa shape index (κ1) is 25.3. The number of pyridine rings is 1. The fourth-order valence-electron chi connectivity index (χ4n) is 4.92. The molecule has 2 aromatic carbocycles. The van der Waals surface area contributed by atoms with Crippen LogP contribution in [0, 0.1) is 5.82 Å². The Hall–Kier alpha value is -3.36. The predicted octanol–water partition coefficient (Wildman–Crippen LogP) is 5.38. The highest BCUT2D eigenvalue weighted by Crippen LogP contribution is 2.41. The predicted molar refractivity (Wildman–Crippen MR) is 147 cm³/mol. The van der Waals surface area contributed by atoms with Crippen molar-refractivity contribution in [2.75, 3.05) is 0 Å². The monoisotopic (exact) mass is 517 g/mol. The van der Waals surface area contributed by atoms with Crippen molar-refractivity contribution < 1.29 is 8.82 Å². The molecule has 0 saturated heterocycles. The first-order chi connectivity index (χ1) is 17.4. The molecule has 0 bridgehead atoms. The van der Waals surface area contributed by atoms with Gasteiger partial charge in [0.15, 0.2) is 8.32 Å². The Morgan fingerprint density at radius 3 is 2.46 bits per heavy atom. The molecule has 0 amide bonds. The van der Waals surface area contributed by atoms with Crippen LogP contribution in [0.3, 0.4) is 0 Å². The van der Waals surface area contributed by atoms with Gasteiger partial charge in [-0.15, -0.1) is 0 Å². The van der Waals surface area contributed by atoms with Gasteiger partial charge in [-0.2, -0.15) is 9.78 Å². The smallest absolute Gasteiger partial charge is 0.282 e. The van der Waals surface area contributed by atoms with Crippen LogP contribution in [0.4, 0.5) is 4.39 Å². The quantitative estimate of drug-likeness (QED) is 0.342. The van der Waals surface area contributed by atoms with E-state index in [4.69, 9.17) is 4.43 Å². The summed E-state index contributed by atoms with van der Waals surface area (Å²) >= 11 is 0. The first-order valence-corrected chi connectivity index (χ1v) is 15.5. The van der Waals surface area contributed by atoms with Crippen molar-refractivity contribution in [2.45, 2.75) is 57.8 Å². The van der Waals surface area contributed by atoms with Crippen LogP contribution in [0.5, 0.6) is 0 Å². The normalized spacial score (nSPS) is 15.8. The lowest BCUT2D eigenvalue weighted by atomic mass is 9.97. The molecule has 2 heterocycles. The van der Waals surface area contributed by atoms with E-state index in [0.29, 0.717) is 23.9 Å². The average Bonchev–Trinajstić information content (AvgIpc) is 2.97. The molecule has 0 radical (unpaired) electrons. The lowest BCUT2D eigenvalue weighted by Crippen LogP contribution is -2.45. The number of hydrogen-bond donors (Lipinski definition) is 0. The van der Waals surface area contributed by atoms with Gasteiger partial charge in [0.2, 0.25) is 5.56 Å². The number of fused-ring (bicyclic) bond motifs is 4. The second-order valence-electron chi connectivity index (χ2n) is 11.4. The van der Waals surface area contributed by atoms with E-state index in [-0.39, 0.29) is 22.1 Å². The fourth-order valence-corrected chi connectivity index (χ4v) is 6.28. The Morgan fingerprint density at radius 2 is 1.73 bits per heavy atom. The second-order valence-corrected chi connectivity index (χ2v) is 16.1. The SMILES string of the molecule is Cn1c2c(ccc1=O)-c1cccc(-n3ncc4cccc(F)c4c3=O)c1C[C@@H](O[Si](C)(C)C(C)(C)C)C2. The fraction of sp³-hybridized carbons (Fsp3) is 0.345. The van der Waals surface area contributed by atoms with Crippen molar-refractivity contribution in [2.24, 2.45) is 7.05 Å². The summed E-state index contributed by atoms with van der Waals surface area (Å²) in [6, 6.07) is 13.7. The minimum Gasteiger partial charge on any atom is -0.413 e. The maximum Gasteiger partial charge on any atom is 0.282 e. The number of hydrogen-bond acceptors (Lipinski definition) is 4. The Labute approximate surface area is 216 Å². The van der Waals surface area contributed by atoms with Gasteiger partial charge >= 0.3 is 0 Å². The van der Waals surface area contributed by atoms with Crippen molar-refractivity contribution in [3.63, 3.8) is 0 Å². The molecule has 0 saturated carbocycles. The summed E-state index contributed by atoms with van der Waals surface area (Å²) in [7, 11) is -0.371. The van der Waals surface area contributed by atoms with Crippen LogP contribution in [0.25, 0.3) is 27.6 Å². The Bertz CT molecular complexity index is 1650. The topological polar surface area (TPSA) is 66.1 Å². The number of halogens is 1. The Kier molecular flexibility index (Phi) is 6.07. The first-order valence-electron chi connectivity index (χ1n) is 12.5. The van der Waals surface area contributed by atoms with Crippen molar-refractivity contribution in [1.29, 1.82) is 0 Å². The molecule has 1 aliphatic rings. The molecular formula is C29H32FN3O3Si. The van der Waals surface area contributed by atoms with E-state index in [1.54, 1.807) is 29.8 Å². The zero-order valence-electron chi connectivity index (χ0n) is 22.1. The van der Waals surface area contributed by atoms with Crippen molar-refractivity contribution in [1.82, 2.24) is 14.3 Å². The van der Waals surface area contributed by atoms with Crippen LogP contribution in [0.1, 0.15) is 32.0 Å². The van der Waals surface area contributed by atoms with Gasteiger partial charge in [-0.05, 0) is 47.5 Å². The Morgan fingerprint density at radius 1 is 1.00 bits per heavy atom. The van der Waals surface area contributed by atoms with Crippen molar-refractivity contribution in [3.8, 4) is 16.8 Å². The number of aromatic nitrogens is 3. The van der Waals surface area contributed by atoms with Crippen LogP contribution < -0.4 is 11.1 Å². The summed E-state index contributed by atoms with van der Waals surface area (Å²) in [5.41, 5.74) is 3.67. The van der Waals surface area contributed by atoms with Crippen LogP contribution in [0.2, 0.25) is 18.1 Å². The summed E-state index contributed by atoms with van der Waals surface area (Å²) in [6.07, 6.45) is 2.42. The highest BCUT2D eigenvalue weighted by molar-refractivity contribution is 6.74. The van der Waals surface area contributed by atoms with Gasteiger partial charge in [-0.3, -0.25) is 9.59 Å². The minimum atomic E-state index is -2.16. The van der Waals surface area contributed by atoms with E-state index in [1.165, 1.54) is 16.9 Å². The van der Waals surface area contributed by atoms with Crippen LogP contribution in [0.15, 0.2) is 64.3 Å². The molecule has 4 aromatic rings. The van der Waals surface area contributed by atoms with Gasteiger partial charge < -0.3 is 8.99 Å². The maximum atomic E-state index is 14.7. The van der Waals surface area contributed by atoms with Crippen molar-refractivity contribution in [3.05, 3.63) is 92.5 Å². The summed E-state index contributed by atoms with van der Waals surface area (Å²) in [6.45, 7) is 11.0. The number of benzene rings is 2. The zero-order chi connectivity index (χ0) is 26.7. The molecule has 0 spiro atoms. The zero-order valence-corrected chi connectivity index (χ0v) is 23.1. The van der Waals surface area contributed by atoms with Gasteiger partial charge in [0.25, 0.3) is 5.56 Å². The molecule has 2 aromatic heterocycles. The van der Waals surface area contributed by atoms with E-state index < -0.39 is 19.7 Å². The van der Waals surface area contributed by atoms with Crippen LogP contribution >= 0.6 is 0 Å². The third kappa shape index (κ3) is 4.28. The molecule has 37 heavy (non-hydrogen) atoms. The highest BCUT2D eigenvalue weighted by Gasteiger charge is 2.40. The van der Waals surface area contributed by atoms with Gasteiger partial charge in [-0.1, -0.05) is 45.0 Å². The van der Waals surface area contributed by atoms with Gasteiger partial charge in [0, 0.05) is 42.6 Å². The minimum absolute atomic E-state index is 0.00141. The molecule has 1 atom stereocenters. The second kappa shape index (κ2) is 8.88. The molecule has 1 aliphatic carbocycles. The third-order valence-electron chi connectivity index (χ3n) is 7.99. The standard InChI is InChI=1S/C29H32FN3O3Si/c1-29(2,3)37(5,6)36-19-15-22-20(21-13-14-26(34)32(4)25(21)16-19)10-8-12-24(22)33-28(35)27-18(17-31-33)9-7-11-23(27)30/h7-14,17,19H,15-16H2,1-6H3/t19-/m1/s1. The summed E-state index contributed by atoms with van der Waals surface area (Å²) < 4.78 is 24.6. The maximum absolute atomic E-state index is 14.7. The molecule has 5 rings (SSSR count). The largest absolute Gasteiger partial charge is 0.413 e. The molecule has 8 heteroatoms. The van der Waals surface area contributed by atoms with Gasteiger partial charge in [-0.25, -0.2) is 4.39 Å². The lowest BCUT2D eigenvalue weighted by molar-refractivity contribution is 0.179. The van der Waals surface area contributed by atoms with E-state index in [9.17, 15) is 14.0 Å². The third-order valence-corrected chi connectivity index (χ3v) is 12.5. The average molecular weight is 518 g/mol. The molecular weight excluding hydrogens is 485 g/mol. The molecule has 6 nitrogen and oxygen atoms in total. The van der Waals surface area contributed by atoms with E-state index in [0.717, 1.165) is 22.4 Å². The highest BCUT2D eigenvalue weighted by atomic mass is 28.4. The Balaban J connectivity index is 1.76. The van der Waals surface area contributed by atoms with Gasteiger partial charge in [0.05, 0.1) is 23.4 Å². The molecule has 0 aliphatic heterocycles. The van der Waals surface area contributed by atoms with Crippen molar-refractivity contribution >= 4 is 19.1 Å². The van der Waals surface area contributed by atoms with Crippen LogP contribution in [-0.4, -0.2) is 28.8 Å². The summed E-state index contributed by atoms with van der Waals surface area (Å²) in [5, 5.41) is 4.91. The van der Waals surface area contributed by atoms with E-state index in [2.05, 4.69) is 39.0 Å². The van der Waals surface area contributed by atoms with Gasteiger partial charge in [0.1, 0.15) is 5.82 Å². The molecule has 0 unspecified atom stereocenters. The van der Waals surface area contributed by atoms with E-state index in [1.807, 2.05) is 24.3 Å². The number of rotatable bonds is 3. The lowest BCUT2D eigenvalue weighted by Gasteiger charge is -2.39. The molecule has 0 N–H and O–H groups in total. The van der Waals surface area contributed by atoms with Crippen LogP contribution in [-0.2, 0) is 24.3 Å². The molecule has 192 valence electrons. The van der Waals surface area contributed by atoms with E-state index >= 15 is 0 Å².